The predicted molar refractivity (Wildman–Crippen MR) is 149 cm³/mol. The van der Waals surface area contributed by atoms with Gasteiger partial charge in [0.05, 0.1) is 25.9 Å². The average Bonchev–Trinajstić information content (AvgIpc) is 2.93. The Hall–Kier alpha value is -2.54. The Bertz CT molecular complexity index is 968. The Morgan fingerprint density at radius 1 is 0.757 bits per heavy atom. The Kier molecular flexibility index (Phi) is 10.7. The summed E-state index contributed by atoms with van der Waals surface area (Å²) >= 11 is 0. The molecule has 0 bridgehead atoms. The molecule has 37 heavy (non-hydrogen) atoms. The molecule has 1 N–H and O–H groups in total. The van der Waals surface area contributed by atoms with Crippen molar-refractivity contribution in [2.24, 2.45) is 5.92 Å². The maximum atomic E-state index is 11.9. The molecule has 3 aromatic carbocycles. The van der Waals surface area contributed by atoms with Gasteiger partial charge in [-0.1, -0.05) is 105 Å². The van der Waals surface area contributed by atoms with Crippen LogP contribution in [0.15, 0.2) is 91.0 Å². The van der Waals surface area contributed by atoms with Crippen LogP contribution in [0.1, 0.15) is 30.5 Å². The summed E-state index contributed by atoms with van der Waals surface area (Å²) in [5, 5.41) is 11.9. The zero-order valence-corrected chi connectivity index (χ0v) is 22.3. The standard InChI is InChI=1S/C32H42N2O3/c1-26(2)21-34(32-25-36-18-19-37-32)24-31(35)30(20-27-12-6-3-7-13-27)33(22-28-14-8-4-9-15-28)23-29-16-10-5-11-17-29/h3-17,26,30-32,35H,18-25H2,1-2H3. The highest BCUT2D eigenvalue weighted by Crippen LogP contribution is 2.22. The minimum Gasteiger partial charge on any atom is -0.390 e. The van der Waals surface area contributed by atoms with E-state index in [1.54, 1.807) is 0 Å². The van der Waals surface area contributed by atoms with Gasteiger partial charge < -0.3 is 14.6 Å². The lowest BCUT2D eigenvalue weighted by molar-refractivity contribution is -0.164. The Labute approximate surface area is 222 Å². The predicted octanol–water partition coefficient (Wildman–Crippen LogP) is 4.99. The first-order chi connectivity index (χ1) is 18.1. The van der Waals surface area contributed by atoms with Crippen molar-refractivity contribution in [1.82, 2.24) is 9.80 Å². The minimum absolute atomic E-state index is 0.0815. The van der Waals surface area contributed by atoms with Crippen molar-refractivity contribution in [3.63, 3.8) is 0 Å². The van der Waals surface area contributed by atoms with Crippen LogP contribution in [0.2, 0.25) is 0 Å². The fourth-order valence-electron chi connectivity index (χ4n) is 5.12. The number of aliphatic hydroxyl groups is 1. The van der Waals surface area contributed by atoms with Crippen LogP contribution in [0.3, 0.4) is 0 Å². The molecule has 5 nitrogen and oxygen atoms in total. The van der Waals surface area contributed by atoms with E-state index in [0.29, 0.717) is 32.3 Å². The summed E-state index contributed by atoms with van der Waals surface area (Å²) in [7, 11) is 0. The van der Waals surface area contributed by atoms with Crippen LogP contribution in [0.5, 0.6) is 0 Å². The molecule has 4 rings (SSSR count). The third-order valence-corrected chi connectivity index (χ3v) is 6.88. The number of hydrogen-bond acceptors (Lipinski definition) is 5. The van der Waals surface area contributed by atoms with Crippen molar-refractivity contribution in [2.75, 3.05) is 32.9 Å². The molecule has 3 unspecified atom stereocenters. The molecule has 3 aromatic rings. The average molecular weight is 503 g/mol. The molecule has 0 saturated carbocycles. The first-order valence-electron chi connectivity index (χ1n) is 13.6. The number of nitrogens with zero attached hydrogens (tertiary/aromatic N) is 2. The first kappa shape index (κ1) is 27.5. The van der Waals surface area contributed by atoms with E-state index in [-0.39, 0.29) is 12.3 Å². The van der Waals surface area contributed by atoms with E-state index in [9.17, 15) is 5.11 Å². The number of ether oxygens (including phenoxy) is 2. The van der Waals surface area contributed by atoms with Gasteiger partial charge in [-0.3, -0.25) is 9.80 Å². The molecule has 198 valence electrons. The second-order valence-electron chi connectivity index (χ2n) is 10.4. The molecule has 0 radical (unpaired) electrons. The zero-order chi connectivity index (χ0) is 25.9. The molecule has 0 aromatic heterocycles. The van der Waals surface area contributed by atoms with Gasteiger partial charge >= 0.3 is 0 Å². The molecule has 0 spiro atoms. The first-order valence-corrected chi connectivity index (χ1v) is 13.6. The van der Waals surface area contributed by atoms with Gasteiger partial charge in [0.2, 0.25) is 0 Å². The van der Waals surface area contributed by atoms with Crippen molar-refractivity contribution in [3.05, 3.63) is 108 Å². The second-order valence-corrected chi connectivity index (χ2v) is 10.4. The van der Waals surface area contributed by atoms with Crippen LogP contribution in [0, 0.1) is 5.92 Å². The van der Waals surface area contributed by atoms with E-state index in [1.807, 2.05) is 6.07 Å². The summed E-state index contributed by atoms with van der Waals surface area (Å²) < 4.78 is 11.8. The smallest absolute Gasteiger partial charge is 0.134 e. The summed E-state index contributed by atoms with van der Waals surface area (Å²) in [5.74, 6) is 0.454. The summed E-state index contributed by atoms with van der Waals surface area (Å²) in [4.78, 5) is 4.71. The highest BCUT2D eigenvalue weighted by atomic mass is 16.6. The lowest BCUT2D eigenvalue weighted by atomic mass is 9.97. The lowest BCUT2D eigenvalue weighted by Crippen LogP contribution is -2.54. The third-order valence-electron chi connectivity index (χ3n) is 6.88. The van der Waals surface area contributed by atoms with Gasteiger partial charge in [-0.05, 0) is 29.0 Å². The van der Waals surface area contributed by atoms with Gasteiger partial charge in [0.15, 0.2) is 0 Å². The van der Waals surface area contributed by atoms with E-state index >= 15 is 0 Å². The van der Waals surface area contributed by atoms with Crippen molar-refractivity contribution in [2.45, 2.75) is 51.7 Å². The molecule has 1 heterocycles. The lowest BCUT2D eigenvalue weighted by Gasteiger charge is -2.40. The summed E-state index contributed by atoms with van der Waals surface area (Å²) in [5.41, 5.74) is 3.71. The zero-order valence-electron chi connectivity index (χ0n) is 22.3. The van der Waals surface area contributed by atoms with Crippen molar-refractivity contribution < 1.29 is 14.6 Å². The van der Waals surface area contributed by atoms with Gasteiger partial charge in [0, 0.05) is 32.2 Å². The van der Waals surface area contributed by atoms with Crippen LogP contribution in [0.4, 0.5) is 0 Å². The van der Waals surface area contributed by atoms with Gasteiger partial charge in [-0.2, -0.15) is 0 Å². The minimum atomic E-state index is -0.572. The van der Waals surface area contributed by atoms with Crippen molar-refractivity contribution in [3.8, 4) is 0 Å². The van der Waals surface area contributed by atoms with Crippen LogP contribution in [-0.2, 0) is 29.0 Å². The topological polar surface area (TPSA) is 45.2 Å². The fourth-order valence-corrected chi connectivity index (χ4v) is 5.12. The Balaban J connectivity index is 1.62. The molecular weight excluding hydrogens is 460 g/mol. The van der Waals surface area contributed by atoms with Crippen molar-refractivity contribution in [1.29, 1.82) is 0 Å². The third kappa shape index (κ3) is 8.77. The normalized spacial score (nSPS) is 17.8. The second kappa shape index (κ2) is 14.4. The van der Waals surface area contributed by atoms with Crippen LogP contribution in [0.25, 0.3) is 0 Å². The Morgan fingerprint density at radius 3 is 1.78 bits per heavy atom. The maximum absolute atomic E-state index is 11.9. The van der Waals surface area contributed by atoms with Crippen molar-refractivity contribution >= 4 is 0 Å². The largest absolute Gasteiger partial charge is 0.390 e. The molecule has 3 atom stereocenters. The number of rotatable bonds is 13. The molecule has 0 aliphatic carbocycles. The number of benzene rings is 3. The summed E-state index contributed by atoms with van der Waals surface area (Å²) in [6.45, 7) is 9.09. The number of hydrogen-bond donors (Lipinski definition) is 1. The van der Waals surface area contributed by atoms with E-state index in [4.69, 9.17) is 9.47 Å². The summed E-state index contributed by atoms with van der Waals surface area (Å²) in [6, 6.07) is 31.6. The van der Waals surface area contributed by atoms with Gasteiger partial charge in [-0.25, -0.2) is 0 Å². The maximum Gasteiger partial charge on any atom is 0.134 e. The van der Waals surface area contributed by atoms with E-state index < -0.39 is 6.10 Å². The number of aliphatic hydroxyl groups excluding tert-OH is 1. The monoisotopic (exact) mass is 502 g/mol. The molecule has 1 aliphatic rings. The molecule has 1 fully saturated rings. The van der Waals surface area contributed by atoms with E-state index in [2.05, 4.69) is 109 Å². The van der Waals surface area contributed by atoms with Gasteiger partial charge in [0.25, 0.3) is 0 Å². The molecule has 5 heteroatoms. The van der Waals surface area contributed by atoms with Crippen LogP contribution < -0.4 is 0 Å². The molecular formula is C32H42N2O3. The highest BCUT2D eigenvalue weighted by Gasteiger charge is 2.32. The van der Waals surface area contributed by atoms with Crippen LogP contribution in [-0.4, -0.2) is 66.2 Å². The molecule has 1 saturated heterocycles. The molecule has 0 amide bonds. The van der Waals surface area contributed by atoms with Gasteiger partial charge in [0.1, 0.15) is 6.23 Å². The van der Waals surface area contributed by atoms with E-state index in [1.165, 1.54) is 16.7 Å². The quantitative estimate of drug-likeness (QED) is 0.357. The SMILES string of the molecule is CC(C)CN(CC(O)C(Cc1ccccc1)N(Cc1ccccc1)Cc1ccccc1)C1COCCO1. The highest BCUT2D eigenvalue weighted by molar-refractivity contribution is 5.20. The van der Waals surface area contributed by atoms with E-state index in [0.717, 1.165) is 26.1 Å². The Morgan fingerprint density at radius 2 is 1.30 bits per heavy atom. The van der Waals surface area contributed by atoms with Gasteiger partial charge in [-0.15, -0.1) is 0 Å². The summed E-state index contributed by atoms with van der Waals surface area (Å²) in [6.07, 6.45) is 0.0657. The molecule has 1 aliphatic heterocycles. The van der Waals surface area contributed by atoms with Crippen LogP contribution >= 0.6 is 0 Å². The fraction of sp³-hybridized carbons (Fsp3) is 0.438.